The molecule has 0 radical (unpaired) electrons. The topological polar surface area (TPSA) is 25.5 Å². The van der Waals surface area contributed by atoms with Crippen LogP contribution in [0.4, 0.5) is 0 Å². The number of furan rings is 1. The van der Waals surface area contributed by atoms with Crippen LogP contribution >= 0.6 is 0 Å². The van der Waals surface area contributed by atoms with Crippen molar-refractivity contribution in [3.8, 4) is 33.4 Å². The Morgan fingerprint density at radius 1 is 0.500 bits per heavy atom. The van der Waals surface area contributed by atoms with Crippen LogP contribution < -0.4 is 0 Å². The summed E-state index contributed by atoms with van der Waals surface area (Å²) in [5.74, 6) is 0. The summed E-state index contributed by atoms with van der Waals surface area (Å²) in [5, 5.41) is 2.30. The predicted octanol–water partition coefficient (Wildman–Crippen LogP) is 13.9. The zero-order chi connectivity index (χ0) is 36.2. The van der Waals surface area contributed by atoms with E-state index in [1.807, 2.05) is 12.1 Å². The molecule has 54 heavy (non-hydrogen) atoms. The van der Waals surface area contributed by atoms with Gasteiger partial charge in [-0.25, -0.2) is 4.99 Å². The molecule has 2 heteroatoms. The van der Waals surface area contributed by atoms with Gasteiger partial charge in [0.2, 0.25) is 0 Å². The second-order valence-corrected chi connectivity index (χ2v) is 15.0. The van der Waals surface area contributed by atoms with Gasteiger partial charge in [0.25, 0.3) is 0 Å². The molecule has 1 aliphatic heterocycles. The van der Waals surface area contributed by atoms with Crippen LogP contribution in [0.15, 0.2) is 185 Å². The van der Waals surface area contributed by atoms with Crippen molar-refractivity contribution in [1.82, 2.24) is 0 Å². The molecule has 0 N–H and O–H groups in total. The van der Waals surface area contributed by atoms with Crippen LogP contribution in [-0.4, -0.2) is 5.71 Å². The molecule has 0 bridgehead atoms. The number of hydrogen-bond donors (Lipinski definition) is 0. The Labute approximate surface area is 316 Å². The van der Waals surface area contributed by atoms with Gasteiger partial charge in [0, 0.05) is 27.3 Å². The highest BCUT2D eigenvalue weighted by atomic mass is 16.3. The monoisotopic (exact) mass is 693 g/mol. The summed E-state index contributed by atoms with van der Waals surface area (Å²) in [6.45, 7) is 4.72. The number of allylic oxidation sites excluding steroid dienone is 3. The third kappa shape index (κ3) is 5.45. The SMILES string of the molecule is CC1(C)c2ccc(-c3ccc4oc5ccccc5c4c3)cc2-c2c(-c3cccc(C4=C/CC/C(c5ccccc5)=C/C(c5ccccc5)=N\4)c3)cccc21. The molecular formula is C52H39NO. The normalized spacial score (nSPS) is 17.7. The third-order valence-corrected chi connectivity index (χ3v) is 11.4. The van der Waals surface area contributed by atoms with Crippen LogP contribution in [0.2, 0.25) is 0 Å². The van der Waals surface area contributed by atoms with Gasteiger partial charge in [0.1, 0.15) is 11.2 Å². The van der Waals surface area contributed by atoms with E-state index < -0.39 is 0 Å². The van der Waals surface area contributed by atoms with Gasteiger partial charge in [-0.2, -0.15) is 0 Å². The number of fused-ring (bicyclic) bond motifs is 6. The van der Waals surface area contributed by atoms with Crippen molar-refractivity contribution >= 4 is 38.9 Å². The molecule has 258 valence electrons. The Bertz CT molecular complexity index is 2830. The van der Waals surface area contributed by atoms with Crippen LogP contribution in [0.25, 0.3) is 66.6 Å². The van der Waals surface area contributed by atoms with Crippen molar-refractivity contribution in [2.75, 3.05) is 0 Å². The number of rotatable bonds is 5. The second kappa shape index (κ2) is 12.9. The second-order valence-electron chi connectivity index (χ2n) is 15.0. The first-order valence-corrected chi connectivity index (χ1v) is 18.9. The van der Waals surface area contributed by atoms with Gasteiger partial charge in [-0.15, -0.1) is 0 Å². The summed E-state index contributed by atoms with van der Waals surface area (Å²) >= 11 is 0. The highest BCUT2D eigenvalue weighted by Crippen LogP contribution is 2.53. The van der Waals surface area contributed by atoms with Gasteiger partial charge in [0.15, 0.2) is 0 Å². The molecular weight excluding hydrogens is 655 g/mol. The first-order chi connectivity index (χ1) is 26.5. The van der Waals surface area contributed by atoms with Gasteiger partial charge in [0.05, 0.1) is 11.4 Å². The Balaban J connectivity index is 1.07. The van der Waals surface area contributed by atoms with E-state index in [-0.39, 0.29) is 5.41 Å². The Morgan fingerprint density at radius 2 is 1.19 bits per heavy atom. The molecule has 0 atom stereocenters. The quantitative estimate of drug-likeness (QED) is 0.176. The summed E-state index contributed by atoms with van der Waals surface area (Å²) < 4.78 is 6.16. The fourth-order valence-electron chi connectivity index (χ4n) is 8.60. The maximum atomic E-state index is 6.16. The lowest BCUT2D eigenvalue weighted by atomic mass is 9.81. The number of para-hydroxylation sites is 1. The fourth-order valence-corrected chi connectivity index (χ4v) is 8.60. The lowest BCUT2D eigenvalue weighted by Gasteiger charge is -2.22. The van der Waals surface area contributed by atoms with Gasteiger partial charge in [-0.1, -0.05) is 153 Å². The molecule has 2 nitrogen and oxygen atoms in total. The summed E-state index contributed by atoms with van der Waals surface area (Å²) in [7, 11) is 0. The van der Waals surface area contributed by atoms with Crippen molar-refractivity contribution in [1.29, 1.82) is 0 Å². The molecule has 1 aliphatic carbocycles. The van der Waals surface area contributed by atoms with Gasteiger partial charge < -0.3 is 4.42 Å². The van der Waals surface area contributed by atoms with E-state index in [2.05, 4.69) is 178 Å². The Kier molecular flexibility index (Phi) is 7.66. The number of nitrogens with zero attached hydrogens (tertiary/aromatic N) is 1. The van der Waals surface area contributed by atoms with Crippen molar-refractivity contribution in [2.45, 2.75) is 32.1 Å². The third-order valence-electron chi connectivity index (χ3n) is 11.4. The van der Waals surface area contributed by atoms with Crippen LogP contribution in [-0.2, 0) is 5.41 Å². The molecule has 2 aliphatic rings. The molecule has 8 aromatic rings. The molecule has 0 unspecified atom stereocenters. The zero-order valence-corrected chi connectivity index (χ0v) is 30.5. The molecule has 0 saturated carbocycles. The van der Waals surface area contributed by atoms with Crippen molar-refractivity contribution in [3.63, 3.8) is 0 Å². The highest BCUT2D eigenvalue weighted by Gasteiger charge is 2.37. The minimum absolute atomic E-state index is 0.124. The van der Waals surface area contributed by atoms with E-state index >= 15 is 0 Å². The number of benzene rings is 7. The molecule has 1 aromatic heterocycles. The maximum Gasteiger partial charge on any atom is 0.135 e. The highest BCUT2D eigenvalue weighted by molar-refractivity contribution is 6.14. The van der Waals surface area contributed by atoms with Crippen molar-refractivity contribution in [2.24, 2.45) is 4.99 Å². The summed E-state index contributed by atoms with van der Waals surface area (Å²) in [5.41, 5.74) is 18.7. The molecule has 0 amide bonds. The molecule has 2 heterocycles. The Hall–Kier alpha value is -6.51. The smallest absolute Gasteiger partial charge is 0.135 e. The minimum atomic E-state index is -0.124. The lowest BCUT2D eigenvalue weighted by Crippen LogP contribution is -2.14. The summed E-state index contributed by atoms with van der Waals surface area (Å²) in [4.78, 5) is 5.39. The molecule has 0 saturated heterocycles. The van der Waals surface area contributed by atoms with Crippen molar-refractivity contribution < 1.29 is 4.42 Å². The summed E-state index contributed by atoms with van der Waals surface area (Å²) in [6, 6.07) is 59.0. The van der Waals surface area contributed by atoms with Crippen LogP contribution in [0.1, 0.15) is 54.5 Å². The van der Waals surface area contributed by atoms with E-state index in [9.17, 15) is 0 Å². The minimum Gasteiger partial charge on any atom is -0.456 e. The average Bonchev–Trinajstić information content (AvgIpc) is 3.70. The van der Waals surface area contributed by atoms with Crippen LogP contribution in [0.3, 0.4) is 0 Å². The maximum absolute atomic E-state index is 6.16. The summed E-state index contributed by atoms with van der Waals surface area (Å²) in [6.07, 6.45) is 6.47. The molecule has 0 spiro atoms. The van der Waals surface area contributed by atoms with E-state index in [4.69, 9.17) is 9.41 Å². The van der Waals surface area contributed by atoms with Crippen molar-refractivity contribution in [3.05, 3.63) is 204 Å². The standard InChI is InChI=1S/C52H39NO/c1-52(2)45-28-26-37(38-27-29-50-43(31-38)42-21-9-10-25-49(42)54-50)32-44(45)51-41(22-13-23-46(51)52)39-19-11-20-40(30-39)47-24-12-18-36(34-14-5-3-6-15-34)33-48(53-47)35-16-7-4-8-17-35/h3-11,13-17,19-33H,12,18H2,1-2H3/b36-33-,47-24-,53-48+. The zero-order valence-electron chi connectivity index (χ0n) is 30.5. The van der Waals surface area contributed by atoms with E-state index in [1.54, 1.807) is 0 Å². The van der Waals surface area contributed by atoms with Crippen LogP contribution in [0.5, 0.6) is 0 Å². The first-order valence-electron chi connectivity index (χ1n) is 18.9. The predicted molar refractivity (Wildman–Crippen MR) is 227 cm³/mol. The Morgan fingerprint density at radius 3 is 2.04 bits per heavy atom. The number of aliphatic imine (C=N–C) groups is 1. The van der Waals surface area contributed by atoms with E-state index in [1.165, 1.54) is 55.6 Å². The van der Waals surface area contributed by atoms with Gasteiger partial charge in [-0.05, 0) is 105 Å². The van der Waals surface area contributed by atoms with E-state index in [0.717, 1.165) is 57.3 Å². The van der Waals surface area contributed by atoms with Gasteiger partial charge in [-0.3, -0.25) is 0 Å². The fraction of sp³-hybridized carbons (Fsp3) is 0.0962. The van der Waals surface area contributed by atoms with E-state index in [0.29, 0.717) is 0 Å². The largest absolute Gasteiger partial charge is 0.456 e. The molecule has 7 aromatic carbocycles. The molecule has 10 rings (SSSR count). The molecule has 0 fully saturated rings. The number of hydrogen-bond acceptors (Lipinski definition) is 2. The first kappa shape index (κ1) is 32.2. The van der Waals surface area contributed by atoms with Gasteiger partial charge >= 0.3 is 0 Å². The lowest BCUT2D eigenvalue weighted by molar-refractivity contribution is 0.660. The average molecular weight is 694 g/mol. The van der Waals surface area contributed by atoms with Crippen LogP contribution in [0, 0.1) is 0 Å².